The van der Waals surface area contributed by atoms with E-state index < -0.39 is 39.3 Å². The van der Waals surface area contributed by atoms with Crippen LogP contribution in [0.1, 0.15) is 43.5 Å². The average molecular weight is 397 g/mol. The van der Waals surface area contributed by atoms with E-state index in [1.807, 2.05) is 0 Å². The molecular formula is C18H23NO7S. The molecule has 0 spiro atoms. The molecule has 2 rings (SSSR count). The Balaban J connectivity index is 2.04. The lowest BCUT2D eigenvalue weighted by Gasteiger charge is -2.36. The second kappa shape index (κ2) is 8.08. The van der Waals surface area contributed by atoms with E-state index in [0.717, 1.165) is 6.26 Å². The molecule has 1 aromatic carbocycles. The van der Waals surface area contributed by atoms with Crippen LogP contribution in [0.4, 0.5) is 5.69 Å². The van der Waals surface area contributed by atoms with Crippen molar-refractivity contribution in [3.63, 3.8) is 0 Å². The first-order chi connectivity index (χ1) is 12.6. The molecule has 0 radical (unpaired) electrons. The van der Waals surface area contributed by atoms with Crippen molar-refractivity contribution < 1.29 is 32.3 Å². The van der Waals surface area contributed by atoms with Crippen molar-refractivity contribution in [1.29, 1.82) is 0 Å². The minimum absolute atomic E-state index is 0.163. The van der Waals surface area contributed by atoms with Crippen molar-refractivity contribution in [2.24, 2.45) is 5.41 Å². The van der Waals surface area contributed by atoms with Gasteiger partial charge >= 0.3 is 11.9 Å². The van der Waals surface area contributed by atoms with Crippen molar-refractivity contribution in [2.45, 2.75) is 39.2 Å². The number of anilines is 1. The number of sulfonamides is 1. The fourth-order valence-corrected chi connectivity index (χ4v) is 3.33. The van der Waals surface area contributed by atoms with Gasteiger partial charge in [-0.15, -0.1) is 0 Å². The Labute approximate surface area is 158 Å². The summed E-state index contributed by atoms with van der Waals surface area (Å²) in [5.74, 6) is -1.81. The second-order valence-electron chi connectivity index (χ2n) is 6.52. The van der Waals surface area contributed by atoms with Gasteiger partial charge in [0.05, 0.1) is 12.9 Å². The number of hydrogen-bond donors (Lipinski definition) is 1. The third-order valence-electron chi connectivity index (χ3n) is 4.39. The van der Waals surface area contributed by atoms with E-state index >= 15 is 0 Å². The third kappa shape index (κ3) is 4.85. The summed E-state index contributed by atoms with van der Waals surface area (Å²) in [4.78, 5) is 37.0. The van der Waals surface area contributed by atoms with Gasteiger partial charge in [0, 0.05) is 11.3 Å². The Hall–Kier alpha value is -2.42. The van der Waals surface area contributed by atoms with Crippen molar-refractivity contribution in [3.8, 4) is 0 Å². The van der Waals surface area contributed by atoms with Gasteiger partial charge in [0.25, 0.3) is 0 Å². The normalized spacial score (nSPS) is 16.6. The van der Waals surface area contributed by atoms with Crippen LogP contribution >= 0.6 is 0 Å². The summed E-state index contributed by atoms with van der Waals surface area (Å²) in [5.41, 5.74) is -0.740. The SMILES string of the molecule is CCOC(=O)C1(C(=O)O[C@H](C)C(=O)c2ccc(NS(C)(=O)=O)cc2)CCC1. The fourth-order valence-electron chi connectivity index (χ4n) is 2.77. The van der Waals surface area contributed by atoms with Crippen LogP contribution in [-0.2, 0) is 29.1 Å². The summed E-state index contributed by atoms with van der Waals surface area (Å²) in [6, 6.07) is 5.75. The van der Waals surface area contributed by atoms with Gasteiger partial charge in [0.1, 0.15) is 0 Å². The molecule has 0 saturated heterocycles. The number of carbonyl (C=O) groups is 3. The fraction of sp³-hybridized carbons (Fsp3) is 0.500. The topological polar surface area (TPSA) is 116 Å². The molecule has 27 heavy (non-hydrogen) atoms. The van der Waals surface area contributed by atoms with Crippen LogP contribution in [-0.4, -0.2) is 45.1 Å². The van der Waals surface area contributed by atoms with Gasteiger partial charge in [-0.2, -0.15) is 0 Å². The highest BCUT2D eigenvalue weighted by Crippen LogP contribution is 2.43. The quantitative estimate of drug-likeness (QED) is 0.405. The van der Waals surface area contributed by atoms with Gasteiger partial charge in [0.2, 0.25) is 15.8 Å². The van der Waals surface area contributed by atoms with Crippen LogP contribution in [0, 0.1) is 5.41 Å². The Morgan fingerprint density at radius 2 is 1.74 bits per heavy atom. The molecule has 8 nitrogen and oxygen atoms in total. The van der Waals surface area contributed by atoms with Gasteiger partial charge in [-0.3, -0.25) is 19.1 Å². The zero-order valence-corrected chi connectivity index (χ0v) is 16.3. The van der Waals surface area contributed by atoms with Gasteiger partial charge < -0.3 is 9.47 Å². The van der Waals surface area contributed by atoms with Crippen LogP contribution < -0.4 is 4.72 Å². The molecule has 1 aliphatic rings. The number of esters is 2. The lowest BCUT2D eigenvalue weighted by molar-refractivity contribution is -0.180. The van der Waals surface area contributed by atoms with E-state index in [0.29, 0.717) is 24.9 Å². The van der Waals surface area contributed by atoms with E-state index in [9.17, 15) is 22.8 Å². The van der Waals surface area contributed by atoms with Crippen LogP contribution in [0.15, 0.2) is 24.3 Å². The highest BCUT2D eigenvalue weighted by Gasteiger charge is 2.54. The van der Waals surface area contributed by atoms with E-state index in [1.54, 1.807) is 6.92 Å². The Morgan fingerprint density at radius 3 is 2.19 bits per heavy atom. The van der Waals surface area contributed by atoms with Crippen molar-refractivity contribution in [1.82, 2.24) is 0 Å². The molecule has 0 bridgehead atoms. The molecule has 9 heteroatoms. The highest BCUT2D eigenvalue weighted by atomic mass is 32.2. The van der Waals surface area contributed by atoms with Crippen molar-refractivity contribution in [3.05, 3.63) is 29.8 Å². The van der Waals surface area contributed by atoms with Crippen LogP contribution in [0.5, 0.6) is 0 Å². The maximum Gasteiger partial charge on any atom is 0.324 e. The molecular weight excluding hydrogens is 374 g/mol. The predicted octanol–water partition coefficient (Wildman–Crippen LogP) is 1.91. The monoisotopic (exact) mass is 397 g/mol. The van der Waals surface area contributed by atoms with E-state index in [4.69, 9.17) is 9.47 Å². The predicted molar refractivity (Wildman–Crippen MR) is 97.7 cm³/mol. The van der Waals surface area contributed by atoms with E-state index in [1.165, 1.54) is 31.2 Å². The van der Waals surface area contributed by atoms with Crippen molar-refractivity contribution >= 4 is 33.4 Å². The minimum Gasteiger partial charge on any atom is -0.465 e. The number of nitrogens with one attached hydrogen (secondary N) is 1. The molecule has 1 fully saturated rings. The molecule has 0 aliphatic heterocycles. The average Bonchev–Trinajstić information content (AvgIpc) is 2.52. The first-order valence-electron chi connectivity index (χ1n) is 8.59. The van der Waals surface area contributed by atoms with Crippen LogP contribution in [0.3, 0.4) is 0 Å². The smallest absolute Gasteiger partial charge is 0.324 e. The molecule has 0 heterocycles. The number of hydrogen-bond acceptors (Lipinski definition) is 7. The third-order valence-corrected chi connectivity index (χ3v) is 5.00. The largest absolute Gasteiger partial charge is 0.465 e. The van der Waals surface area contributed by atoms with Crippen molar-refractivity contribution in [2.75, 3.05) is 17.6 Å². The molecule has 1 aliphatic carbocycles. The first kappa shape index (κ1) is 20.9. The lowest BCUT2D eigenvalue weighted by Crippen LogP contribution is -2.48. The lowest BCUT2D eigenvalue weighted by atomic mass is 9.68. The summed E-state index contributed by atoms with van der Waals surface area (Å²) in [6.45, 7) is 3.25. The Kier molecular flexibility index (Phi) is 6.25. The zero-order chi connectivity index (χ0) is 20.2. The number of Topliss-reactive ketones (excluding diaryl/α,β-unsaturated/α-hetero) is 1. The molecule has 1 aromatic rings. The van der Waals surface area contributed by atoms with Gasteiger partial charge in [-0.25, -0.2) is 8.42 Å². The number of benzene rings is 1. The molecule has 1 N–H and O–H groups in total. The van der Waals surface area contributed by atoms with Gasteiger partial charge in [0.15, 0.2) is 11.5 Å². The number of ether oxygens (including phenoxy) is 2. The standard InChI is InChI=1S/C18H23NO7S/c1-4-25-16(21)18(10-5-11-18)17(22)26-12(2)15(20)13-6-8-14(9-7-13)19-27(3,23)24/h6-9,12,19H,4-5,10-11H2,1-3H3/t12-/m1/s1. The molecule has 0 unspecified atom stereocenters. The van der Waals surface area contributed by atoms with Crippen LogP contribution in [0.25, 0.3) is 0 Å². The van der Waals surface area contributed by atoms with E-state index in [2.05, 4.69) is 4.72 Å². The summed E-state index contributed by atoms with van der Waals surface area (Å²) in [5, 5.41) is 0. The van der Waals surface area contributed by atoms with Crippen LogP contribution in [0.2, 0.25) is 0 Å². The molecule has 0 amide bonds. The summed E-state index contributed by atoms with van der Waals surface area (Å²) in [7, 11) is -3.42. The number of carbonyl (C=O) groups excluding carboxylic acids is 3. The van der Waals surface area contributed by atoms with Gasteiger partial charge in [-0.1, -0.05) is 0 Å². The van der Waals surface area contributed by atoms with Gasteiger partial charge in [-0.05, 0) is 57.4 Å². The first-order valence-corrected chi connectivity index (χ1v) is 10.5. The molecule has 0 aromatic heterocycles. The zero-order valence-electron chi connectivity index (χ0n) is 15.5. The Morgan fingerprint density at radius 1 is 1.15 bits per heavy atom. The molecule has 1 saturated carbocycles. The summed E-state index contributed by atoms with van der Waals surface area (Å²) >= 11 is 0. The number of ketones is 1. The maximum absolute atomic E-state index is 12.5. The second-order valence-corrected chi connectivity index (χ2v) is 8.27. The molecule has 1 atom stereocenters. The molecule has 148 valence electrons. The Bertz CT molecular complexity index is 826. The maximum atomic E-state index is 12.5. The minimum atomic E-state index is -3.42. The summed E-state index contributed by atoms with van der Waals surface area (Å²) in [6.07, 6.45) is 1.34. The highest BCUT2D eigenvalue weighted by molar-refractivity contribution is 7.92. The number of rotatable bonds is 8. The summed E-state index contributed by atoms with van der Waals surface area (Å²) < 4.78 is 34.9. The van der Waals surface area contributed by atoms with E-state index in [-0.39, 0.29) is 12.2 Å².